The molecule has 0 saturated carbocycles. The van der Waals surface area contributed by atoms with Gasteiger partial charge in [0.05, 0.1) is 32.6 Å². The fraction of sp³-hybridized carbons (Fsp3) is 0.222. The summed E-state index contributed by atoms with van der Waals surface area (Å²) in [4.78, 5) is 24.5. The van der Waals surface area contributed by atoms with Crippen LogP contribution < -0.4 is 19.5 Å². The molecule has 1 amide bonds. The van der Waals surface area contributed by atoms with E-state index < -0.39 is 11.7 Å². The van der Waals surface area contributed by atoms with Gasteiger partial charge in [-0.2, -0.15) is 0 Å². The lowest BCUT2D eigenvalue weighted by Gasteiger charge is -2.18. The first kappa shape index (κ1) is 18.3. The van der Waals surface area contributed by atoms with Crippen LogP contribution in [-0.2, 0) is 0 Å². The molecule has 1 N–H and O–H groups in total. The third kappa shape index (κ3) is 3.71. The Morgan fingerprint density at radius 1 is 0.960 bits per heavy atom. The predicted octanol–water partition coefficient (Wildman–Crippen LogP) is 3.31. The van der Waals surface area contributed by atoms with E-state index in [1.54, 1.807) is 0 Å². The summed E-state index contributed by atoms with van der Waals surface area (Å²) in [6.45, 7) is 1.34. The highest BCUT2D eigenvalue weighted by molar-refractivity contribution is 6.11. The first-order valence-electron chi connectivity index (χ1n) is 7.33. The zero-order valence-corrected chi connectivity index (χ0v) is 14.3. The number of hydrogen-bond donors (Lipinski definition) is 1. The number of anilines is 1. The lowest BCUT2D eigenvalue weighted by atomic mass is 10.1. The highest BCUT2D eigenvalue weighted by Crippen LogP contribution is 2.44. The Kier molecular flexibility index (Phi) is 5.59. The minimum absolute atomic E-state index is 0.149. The van der Waals surface area contributed by atoms with Crippen LogP contribution in [0.5, 0.6) is 17.2 Å². The van der Waals surface area contributed by atoms with Gasteiger partial charge in [-0.05, 0) is 31.2 Å². The van der Waals surface area contributed by atoms with Crippen molar-refractivity contribution in [1.29, 1.82) is 0 Å². The second-order valence-corrected chi connectivity index (χ2v) is 5.09. The van der Waals surface area contributed by atoms with E-state index in [0.29, 0.717) is 5.75 Å². The van der Waals surface area contributed by atoms with Crippen LogP contribution in [-0.4, -0.2) is 33.0 Å². The van der Waals surface area contributed by atoms with Gasteiger partial charge in [0, 0.05) is 11.6 Å². The summed E-state index contributed by atoms with van der Waals surface area (Å²) in [5.74, 6) is -0.588. The van der Waals surface area contributed by atoms with Gasteiger partial charge in [0.1, 0.15) is 5.82 Å². The maximum Gasteiger partial charge on any atom is 0.255 e. The van der Waals surface area contributed by atoms with E-state index in [9.17, 15) is 14.0 Å². The molecule has 0 radical (unpaired) electrons. The van der Waals surface area contributed by atoms with Crippen LogP contribution in [0.15, 0.2) is 30.3 Å². The number of carbonyl (C=O) groups excluding carboxylic acids is 2. The van der Waals surface area contributed by atoms with Crippen molar-refractivity contribution in [3.63, 3.8) is 0 Å². The molecule has 0 aliphatic rings. The Morgan fingerprint density at radius 3 is 2.04 bits per heavy atom. The minimum Gasteiger partial charge on any atom is -0.493 e. The zero-order chi connectivity index (χ0) is 18.6. The lowest BCUT2D eigenvalue weighted by molar-refractivity contribution is 0.101. The molecule has 0 heterocycles. The van der Waals surface area contributed by atoms with Gasteiger partial charge in [-0.15, -0.1) is 0 Å². The number of ketones is 1. The Morgan fingerprint density at radius 2 is 1.56 bits per heavy atom. The molecule has 0 spiro atoms. The van der Waals surface area contributed by atoms with E-state index in [1.165, 1.54) is 58.6 Å². The maximum absolute atomic E-state index is 13.0. The molecule has 25 heavy (non-hydrogen) atoms. The molecular formula is C18H18FNO5. The molecule has 0 aliphatic heterocycles. The molecule has 7 heteroatoms. The fourth-order valence-corrected chi connectivity index (χ4v) is 2.40. The summed E-state index contributed by atoms with van der Waals surface area (Å²) >= 11 is 0. The minimum atomic E-state index is -0.503. The van der Waals surface area contributed by atoms with Gasteiger partial charge in [0.25, 0.3) is 5.91 Å². The van der Waals surface area contributed by atoms with E-state index in [0.717, 1.165) is 0 Å². The Labute approximate surface area is 144 Å². The van der Waals surface area contributed by atoms with Crippen LogP contribution in [0, 0.1) is 5.82 Å². The average Bonchev–Trinajstić information content (AvgIpc) is 2.60. The number of benzene rings is 2. The topological polar surface area (TPSA) is 73.9 Å². The van der Waals surface area contributed by atoms with Gasteiger partial charge in [-0.25, -0.2) is 4.39 Å². The van der Waals surface area contributed by atoms with Crippen LogP contribution in [0.25, 0.3) is 0 Å². The van der Waals surface area contributed by atoms with Crippen molar-refractivity contribution >= 4 is 17.4 Å². The van der Waals surface area contributed by atoms with Gasteiger partial charge in [0.2, 0.25) is 5.75 Å². The van der Waals surface area contributed by atoms with Crippen LogP contribution in [0.1, 0.15) is 27.6 Å². The quantitative estimate of drug-likeness (QED) is 0.812. The smallest absolute Gasteiger partial charge is 0.255 e. The van der Waals surface area contributed by atoms with Crippen LogP contribution in [0.3, 0.4) is 0 Å². The SMILES string of the molecule is COc1cc(NC(=O)c2ccc(F)cc2)c(C(C)=O)c(OC)c1OC. The summed E-state index contributed by atoms with van der Waals surface area (Å²) in [5.41, 5.74) is 0.594. The number of amides is 1. The number of methoxy groups -OCH3 is 3. The van der Waals surface area contributed by atoms with Crippen molar-refractivity contribution in [2.45, 2.75) is 6.92 Å². The normalized spacial score (nSPS) is 10.1. The summed E-state index contributed by atoms with van der Waals surface area (Å²) in [7, 11) is 4.23. The monoisotopic (exact) mass is 347 g/mol. The van der Waals surface area contributed by atoms with Crippen LogP contribution in [0.2, 0.25) is 0 Å². The van der Waals surface area contributed by atoms with Crippen molar-refractivity contribution in [3.8, 4) is 17.2 Å². The van der Waals surface area contributed by atoms with Crippen LogP contribution >= 0.6 is 0 Å². The number of hydrogen-bond acceptors (Lipinski definition) is 5. The third-order valence-corrected chi connectivity index (χ3v) is 3.54. The summed E-state index contributed by atoms with van der Waals surface area (Å²) in [6, 6.07) is 6.51. The Balaban J connectivity index is 2.53. The van der Waals surface area contributed by atoms with Gasteiger partial charge in [0.15, 0.2) is 17.3 Å². The number of nitrogens with one attached hydrogen (secondary N) is 1. The molecule has 0 atom stereocenters. The molecule has 2 aromatic carbocycles. The third-order valence-electron chi connectivity index (χ3n) is 3.54. The first-order valence-corrected chi connectivity index (χ1v) is 7.33. The molecule has 2 rings (SSSR count). The van der Waals surface area contributed by atoms with Gasteiger partial charge >= 0.3 is 0 Å². The molecule has 0 bridgehead atoms. The van der Waals surface area contributed by atoms with E-state index in [-0.39, 0.29) is 34.1 Å². The molecule has 6 nitrogen and oxygen atoms in total. The van der Waals surface area contributed by atoms with E-state index in [4.69, 9.17) is 14.2 Å². The fourth-order valence-electron chi connectivity index (χ4n) is 2.40. The van der Waals surface area contributed by atoms with Crippen molar-refractivity contribution in [2.24, 2.45) is 0 Å². The van der Waals surface area contributed by atoms with Gasteiger partial charge < -0.3 is 19.5 Å². The number of halogens is 1. The number of Topliss-reactive ketones (excluding diaryl/α,β-unsaturated/α-hetero) is 1. The maximum atomic E-state index is 13.0. The van der Waals surface area contributed by atoms with Crippen molar-refractivity contribution < 1.29 is 28.2 Å². The molecule has 0 unspecified atom stereocenters. The van der Waals surface area contributed by atoms with Crippen molar-refractivity contribution in [2.75, 3.05) is 26.6 Å². The molecule has 0 saturated heterocycles. The largest absolute Gasteiger partial charge is 0.493 e. The van der Waals surface area contributed by atoms with E-state index in [1.807, 2.05) is 0 Å². The second-order valence-electron chi connectivity index (χ2n) is 5.09. The highest BCUT2D eigenvalue weighted by atomic mass is 19.1. The summed E-state index contributed by atoms with van der Waals surface area (Å²) in [5, 5.41) is 2.63. The second kappa shape index (κ2) is 7.65. The van der Waals surface area contributed by atoms with E-state index in [2.05, 4.69) is 5.32 Å². The van der Waals surface area contributed by atoms with Crippen molar-refractivity contribution in [1.82, 2.24) is 0 Å². The lowest BCUT2D eigenvalue weighted by Crippen LogP contribution is -2.15. The standard InChI is InChI=1S/C18H18FNO5/c1-10(21)15-13(9-14(23-2)16(24-3)17(15)25-4)20-18(22)11-5-7-12(19)8-6-11/h5-9H,1-4H3,(H,20,22). The highest BCUT2D eigenvalue weighted by Gasteiger charge is 2.24. The summed E-state index contributed by atoms with van der Waals surface area (Å²) < 4.78 is 28.8. The Hall–Kier alpha value is -3.09. The van der Waals surface area contributed by atoms with Gasteiger partial charge in [-0.3, -0.25) is 9.59 Å². The molecule has 2 aromatic rings. The predicted molar refractivity (Wildman–Crippen MR) is 90.5 cm³/mol. The molecular weight excluding hydrogens is 329 g/mol. The van der Waals surface area contributed by atoms with E-state index >= 15 is 0 Å². The molecule has 0 aromatic heterocycles. The van der Waals surface area contributed by atoms with Crippen LogP contribution in [0.4, 0.5) is 10.1 Å². The molecule has 132 valence electrons. The number of carbonyl (C=O) groups is 2. The number of ether oxygens (including phenoxy) is 3. The first-order chi connectivity index (χ1) is 11.9. The molecule has 0 fully saturated rings. The number of rotatable bonds is 6. The Bertz CT molecular complexity index is 802. The average molecular weight is 347 g/mol. The van der Waals surface area contributed by atoms with Crippen molar-refractivity contribution in [3.05, 3.63) is 47.3 Å². The zero-order valence-electron chi connectivity index (χ0n) is 14.3. The summed E-state index contributed by atoms with van der Waals surface area (Å²) in [6.07, 6.45) is 0. The van der Waals surface area contributed by atoms with Gasteiger partial charge in [-0.1, -0.05) is 0 Å². The molecule has 0 aliphatic carbocycles.